The van der Waals surface area contributed by atoms with E-state index in [0.717, 1.165) is 17.8 Å². The first-order valence-electron chi connectivity index (χ1n) is 5.41. The van der Waals surface area contributed by atoms with Crippen LogP contribution in [0.5, 0.6) is 0 Å². The Morgan fingerprint density at radius 2 is 2.35 bits per heavy atom. The first kappa shape index (κ1) is 11.9. The van der Waals surface area contributed by atoms with E-state index in [4.69, 9.17) is 16.3 Å². The monoisotopic (exact) mass is 252 g/mol. The van der Waals surface area contributed by atoms with Crippen molar-refractivity contribution in [3.63, 3.8) is 0 Å². The Hall–Kier alpha value is -1.55. The lowest BCUT2D eigenvalue weighted by Gasteiger charge is -2.22. The van der Waals surface area contributed by atoms with Gasteiger partial charge in [-0.15, -0.1) is 0 Å². The molecule has 1 aromatic rings. The molecular weight excluding hydrogens is 240 g/mol. The normalized spacial score (nSPS) is 14.5. The van der Waals surface area contributed by atoms with E-state index in [2.05, 4.69) is 9.88 Å². The fourth-order valence-electron chi connectivity index (χ4n) is 1.68. The van der Waals surface area contributed by atoms with E-state index in [1.807, 2.05) is 13.0 Å². The van der Waals surface area contributed by atoms with Crippen molar-refractivity contribution in [1.82, 2.24) is 9.88 Å². The highest BCUT2D eigenvalue weighted by molar-refractivity contribution is 6.29. The Balaban J connectivity index is 2.07. The molecule has 0 fully saturated rings. The maximum absolute atomic E-state index is 11.0. The molecule has 0 amide bonds. The standard InChI is InChI=1S/C12H13ClN2O2/c1-2-15(10-5-12(16)17-8-10)7-9-3-4-11(13)14-6-9/h3-6H,2,7-8H2,1H3. The first-order valence-corrected chi connectivity index (χ1v) is 5.79. The number of halogens is 1. The van der Waals surface area contributed by atoms with Crippen LogP contribution in [0.1, 0.15) is 12.5 Å². The molecule has 4 nitrogen and oxygen atoms in total. The van der Waals surface area contributed by atoms with Gasteiger partial charge < -0.3 is 9.64 Å². The van der Waals surface area contributed by atoms with Gasteiger partial charge in [0.2, 0.25) is 0 Å². The van der Waals surface area contributed by atoms with Crippen LogP contribution in [-0.4, -0.2) is 29.0 Å². The van der Waals surface area contributed by atoms with Gasteiger partial charge in [0.25, 0.3) is 0 Å². The fourth-order valence-corrected chi connectivity index (χ4v) is 1.80. The largest absolute Gasteiger partial charge is 0.456 e. The van der Waals surface area contributed by atoms with Crippen molar-refractivity contribution in [2.24, 2.45) is 0 Å². The van der Waals surface area contributed by atoms with Crippen molar-refractivity contribution < 1.29 is 9.53 Å². The summed E-state index contributed by atoms with van der Waals surface area (Å²) >= 11 is 5.73. The van der Waals surface area contributed by atoms with Gasteiger partial charge in [-0.3, -0.25) is 0 Å². The summed E-state index contributed by atoms with van der Waals surface area (Å²) in [6, 6.07) is 3.69. The van der Waals surface area contributed by atoms with Crippen LogP contribution < -0.4 is 0 Å². The van der Waals surface area contributed by atoms with Crippen molar-refractivity contribution in [3.05, 3.63) is 40.8 Å². The van der Waals surface area contributed by atoms with Gasteiger partial charge in [-0.25, -0.2) is 9.78 Å². The number of ether oxygens (including phenoxy) is 1. The third-order valence-electron chi connectivity index (χ3n) is 2.60. The molecule has 0 aromatic carbocycles. The van der Waals surface area contributed by atoms with Gasteiger partial charge in [-0.1, -0.05) is 17.7 Å². The molecule has 0 unspecified atom stereocenters. The summed E-state index contributed by atoms with van der Waals surface area (Å²) in [6.07, 6.45) is 3.27. The maximum Gasteiger partial charge on any atom is 0.333 e. The van der Waals surface area contributed by atoms with Crippen LogP contribution in [0, 0.1) is 0 Å². The van der Waals surface area contributed by atoms with Crippen molar-refractivity contribution in [2.75, 3.05) is 13.2 Å². The number of nitrogens with zero attached hydrogens (tertiary/aromatic N) is 2. The number of esters is 1. The summed E-state index contributed by atoms with van der Waals surface area (Å²) in [5.41, 5.74) is 1.96. The maximum atomic E-state index is 11.0. The quantitative estimate of drug-likeness (QED) is 0.607. The van der Waals surface area contributed by atoms with E-state index < -0.39 is 0 Å². The van der Waals surface area contributed by atoms with Gasteiger partial charge >= 0.3 is 5.97 Å². The molecule has 0 bridgehead atoms. The Morgan fingerprint density at radius 1 is 1.53 bits per heavy atom. The van der Waals surface area contributed by atoms with Crippen molar-refractivity contribution in [1.29, 1.82) is 0 Å². The molecule has 1 aliphatic rings. The smallest absolute Gasteiger partial charge is 0.333 e. The van der Waals surface area contributed by atoms with Crippen molar-refractivity contribution in [2.45, 2.75) is 13.5 Å². The number of hydrogen-bond acceptors (Lipinski definition) is 4. The van der Waals surface area contributed by atoms with Crippen molar-refractivity contribution in [3.8, 4) is 0 Å². The summed E-state index contributed by atoms with van der Waals surface area (Å²) in [4.78, 5) is 17.1. The number of likely N-dealkylation sites (N-methyl/N-ethyl adjacent to an activating group) is 1. The molecule has 5 heteroatoms. The molecule has 2 heterocycles. The lowest BCUT2D eigenvalue weighted by Crippen LogP contribution is -2.23. The van der Waals surface area contributed by atoms with Crippen LogP contribution in [0.2, 0.25) is 5.15 Å². The predicted octanol–water partition coefficient (Wildman–Crippen LogP) is 2.00. The van der Waals surface area contributed by atoms with Gasteiger partial charge in [0.05, 0.1) is 5.70 Å². The number of pyridine rings is 1. The van der Waals surface area contributed by atoms with Gasteiger partial charge in [0, 0.05) is 25.4 Å². The van der Waals surface area contributed by atoms with Crippen molar-refractivity contribution >= 4 is 17.6 Å². The molecule has 0 atom stereocenters. The van der Waals surface area contributed by atoms with E-state index in [1.165, 1.54) is 6.08 Å². The van der Waals surface area contributed by atoms with E-state index in [9.17, 15) is 4.79 Å². The average Bonchev–Trinajstić information content (AvgIpc) is 2.75. The van der Waals surface area contributed by atoms with Crippen LogP contribution in [0.4, 0.5) is 0 Å². The SMILES string of the molecule is CCN(Cc1ccc(Cl)nc1)C1=CC(=O)OC1. The Kier molecular flexibility index (Phi) is 3.64. The average molecular weight is 253 g/mol. The summed E-state index contributed by atoms with van der Waals surface area (Å²) < 4.78 is 4.90. The van der Waals surface area contributed by atoms with Crippen LogP contribution in [0.3, 0.4) is 0 Å². The third-order valence-corrected chi connectivity index (χ3v) is 2.82. The summed E-state index contributed by atoms with van der Waals surface area (Å²) in [5, 5.41) is 0.482. The minimum Gasteiger partial charge on any atom is -0.456 e. The molecule has 17 heavy (non-hydrogen) atoms. The van der Waals surface area contributed by atoms with Crippen LogP contribution in [0.15, 0.2) is 30.1 Å². The zero-order valence-corrected chi connectivity index (χ0v) is 10.3. The molecule has 90 valence electrons. The molecule has 0 aliphatic carbocycles. The number of hydrogen-bond donors (Lipinski definition) is 0. The molecule has 0 saturated carbocycles. The van der Waals surface area contributed by atoms with E-state index in [-0.39, 0.29) is 5.97 Å². The van der Waals surface area contributed by atoms with E-state index in [0.29, 0.717) is 18.3 Å². The second kappa shape index (κ2) is 5.19. The minimum absolute atomic E-state index is 0.271. The summed E-state index contributed by atoms with van der Waals surface area (Å²) in [7, 11) is 0. The molecule has 2 rings (SSSR count). The third kappa shape index (κ3) is 2.97. The molecule has 0 saturated heterocycles. The van der Waals surface area contributed by atoms with E-state index >= 15 is 0 Å². The molecule has 0 radical (unpaired) electrons. The Labute approximate surface area is 105 Å². The molecule has 0 spiro atoms. The Bertz CT molecular complexity index is 442. The van der Waals surface area contributed by atoms with Gasteiger partial charge in [-0.2, -0.15) is 0 Å². The topological polar surface area (TPSA) is 42.4 Å². The Morgan fingerprint density at radius 3 is 2.88 bits per heavy atom. The fraction of sp³-hybridized carbons (Fsp3) is 0.333. The van der Waals surface area contributed by atoms with Crippen LogP contribution in [0.25, 0.3) is 0 Å². The second-order valence-corrected chi connectivity index (χ2v) is 4.13. The second-order valence-electron chi connectivity index (χ2n) is 3.75. The highest BCUT2D eigenvalue weighted by Crippen LogP contribution is 2.15. The van der Waals surface area contributed by atoms with Crippen LogP contribution in [-0.2, 0) is 16.1 Å². The highest BCUT2D eigenvalue weighted by atomic mass is 35.5. The van der Waals surface area contributed by atoms with Gasteiger partial charge in [0.15, 0.2) is 0 Å². The van der Waals surface area contributed by atoms with Gasteiger partial charge in [-0.05, 0) is 18.6 Å². The molecular formula is C12H13ClN2O2. The zero-order valence-electron chi connectivity index (χ0n) is 9.52. The zero-order chi connectivity index (χ0) is 12.3. The van der Waals surface area contributed by atoms with Gasteiger partial charge in [0.1, 0.15) is 11.8 Å². The van der Waals surface area contributed by atoms with E-state index in [1.54, 1.807) is 12.3 Å². The van der Waals surface area contributed by atoms with Crippen LogP contribution >= 0.6 is 11.6 Å². The first-order chi connectivity index (χ1) is 8.19. The lowest BCUT2D eigenvalue weighted by atomic mass is 10.2. The lowest BCUT2D eigenvalue weighted by molar-refractivity contribution is -0.135. The number of carbonyl (C=O) groups is 1. The molecule has 1 aliphatic heterocycles. The number of rotatable bonds is 4. The highest BCUT2D eigenvalue weighted by Gasteiger charge is 2.18. The molecule has 0 N–H and O–H groups in total. The number of cyclic esters (lactones) is 1. The summed E-state index contributed by atoms with van der Waals surface area (Å²) in [6.45, 7) is 3.90. The predicted molar refractivity (Wildman–Crippen MR) is 64.4 cm³/mol. The molecule has 1 aromatic heterocycles. The number of aromatic nitrogens is 1. The summed E-state index contributed by atoms with van der Waals surface area (Å²) in [5.74, 6) is -0.271. The minimum atomic E-state index is -0.271. The number of carbonyl (C=O) groups excluding carboxylic acids is 1.